The number of rotatable bonds is 8. The van der Waals surface area contributed by atoms with E-state index in [4.69, 9.17) is 4.74 Å². The van der Waals surface area contributed by atoms with Crippen molar-refractivity contribution >= 4 is 30.4 Å². The Balaban J connectivity index is 0.000000691. The Labute approximate surface area is 189 Å². The lowest BCUT2D eigenvalue weighted by atomic mass is 10.2. The summed E-state index contributed by atoms with van der Waals surface area (Å²) in [6.45, 7) is -2.89. The molecule has 24 heteroatoms. The Kier molecular flexibility index (Phi) is 11.2. The van der Waals surface area contributed by atoms with Crippen molar-refractivity contribution in [1.82, 2.24) is 0 Å². The Bertz CT molecular complexity index is 950. The van der Waals surface area contributed by atoms with Crippen molar-refractivity contribution in [3.8, 4) is 0 Å². The van der Waals surface area contributed by atoms with E-state index in [1.165, 1.54) is 0 Å². The van der Waals surface area contributed by atoms with Crippen molar-refractivity contribution in [1.29, 1.82) is 0 Å². The number of hydrogen-bond acceptors (Lipinski definition) is 10. The van der Waals surface area contributed by atoms with Crippen molar-refractivity contribution in [2.45, 2.75) is 48.0 Å². The zero-order chi connectivity index (χ0) is 28.1. The molecule has 212 valence electrons. The van der Waals surface area contributed by atoms with Crippen molar-refractivity contribution in [2.75, 3.05) is 19.8 Å². The highest BCUT2D eigenvalue weighted by atomic mass is 32.3. The third kappa shape index (κ3) is 11.2. The van der Waals surface area contributed by atoms with Crippen LogP contribution in [0, 0.1) is 0 Å². The van der Waals surface area contributed by atoms with Gasteiger partial charge in [0.15, 0.2) is 6.29 Å². The molecule has 1 rings (SSSR count). The van der Waals surface area contributed by atoms with Gasteiger partial charge in [0, 0.05) is 6.61 Å². The van der Waals surface area contributed by atoms with E-state index in [9.17, 15) is 73.5 Å². The predicted molar refractivity (Wildman–Crippen MR) is 86.5 cm³/mol. The van der Waals surface area contributed by atoms with E-state index in [2.05, 4.69) is 8.92 Å². The minimum absolute atomic E-state index is 0.342. The quantitative estimate of drug-likeness (QED) is 0.229. The van der Waals surface area contributed by atoms with Gasteiger partial charge in [-0.2, -0.15) is 64.8 Å². The van der Waals surface area contributed by atoms with Gasteiger partial charge in [0.25, 0.3) is 5.92 Å². The van der Waals surface area contributed by atoms with Gasteiger partial charge in [-0.3, -0.25) is 4.18 Å². The molecule has 0 bridgehead atoms. The Morgan fingerprint density at radius 1 is 0.657 bits per heavy atom. The Hall–Kier alpha value is -1.08. The first-order valence-electron chi connectivity index (χ1n) is 8.14. The lowest BCUT2D eigenvalue weighted by molar-refractivity contribution is -0.205. The maximum atomic E-state index is 13.2. The smallest absolute Gasteiger partial charge is 0.353 e. The van der Waals surface area contributed by atoms with E-state index < -0.39 is 72.3 Å². The molecule has 1 saturated heterocycles. The second kappa shape index (κ2) is 11.5. The number of ether oxygens (including phenoxy) is 2. The molecule has 0 aromatic carbocycles. The molecule has 0 spiro atoms. The van der Waals surface area contributed by atoms with Gasteiger partial charge in [-0.15, -0.1) is 3.63 Å². The summed E-state index contributed by atoms with van der Waals surface area (Å²) >= 11 is 0. The van der Waals surface area contributed by atoms with E-state index >= 15 is 0 Å². The topological polar surface area (TPSA) is 139 Å². The molecule has 10 nitrogen and oxygen atoms in total. The van der Waals surface area contributed by atoms with E-state index in [1.807, 2.05) is 3.63 Å². The van der Waals surface area contributed by atoms with E-state index in [0.717, 1.165) is 12.8 Å². The van der Waals surface area contributed by atoms with Gasteiger partial charge in [0.1, 0.15) is 13.2 Å². The van der Waals surface area contributed by atoms with Gasteiger partial charge < -0.3 is 9.47 Å². The van der Waals surface area contributed by atoms with Crippen LogP contribution >= 0.6 is 0 Å². The maximum Gasteiger partial charge on any atom is 0.524 e. The zero-order valence-electron chi connectivity index (χ0n) is 16.3. The first kappa shape index (κ1) is 33.9. The lowest BCUT2D eigenvalue weighted by Gasteiger charge is -2.25. The van der Waals surface area contributed by atoms with Crippen LogP contribution in [0.4, 0.5) is 48.3 Å². The zero-order valence-corrected chi connectivity index (χ0v) is 18.7. The minimum atomic E-state index is -6.85. The van der Waals surface area contributed by atoms with Gasteiger partial charge in [-0.25, -0.2) is 8.78 Å². The molecule has 1 fully saturated rings. The molecule has 0 aromatic rings. The average Bonchev–Trinajstić information content (AvgIpc) is 2.63. The molecule has 0 saturated carbocycles. The second-order valence-corrected chi connectivity index (χ2v) is 10.9. The van der Waals surface area contributed by atoms with Gasteiger partial charge in [-0.05, 0) is 19.3 Å². The maximum absolute atomic E-state index is 13.2. The first-order chi connectivity index (χ1) is 15.2. The van der Waals surface area contributed by atoms with Gasteiger partial charge in [-0.1, -0.05) is 0 Å². The SMILES string of the molecule is O=S(=O)(OCC(F)(F)COC1CCCCO1)C(F)(F)F.O=S(=O)(OS(=O)(=O)C(F)(F)F)C(F)(F)F. The third-order valence-corrected chi connectivity index (χ3v) is 6.64. The van der Waals surface area contributed by atoms with Crippen LogP contribution in [0.2, 0.25) is 0 Å². The molecule has 0 radical (unpaired) electrons. The standard InChI is InChI=1S/C9H13F5O5S.C2F6O5S2/c10-8(11,5-18-7-3-1-2-4-17-7)6-19-20(15,16)9(12,13)14;3-1(4,5)14(9,10)13-15(11,12)2(6,7)8/h7H,1-6H2;. The van der Waals surface area contributed by atoms with Gasteiger partial charge >= 0.3 is 46.9 Å². The lowest BCUT2D eigenvalue weighted by Crippen LogP contribution is -2.37. The second-order valence-electron chi connectivity index (χ2n) is 5.99. The van der Waals surface area contributed by atoms with Crippen molar-refractivity contribution in [2.24, 2.45) is 0 Å². The fraction of sp³-hybridized carbons (Fsp3) is 1.00. The highest BCUT2D eigenvalue weighted by Gasteiger charge is 2.57. The normalized spacial score (nSPS) is 19.1. The van der Waals surface area contributed by atoms with Crippen LogP contribution in [0.25, 0.3) is 0 Å². The molecule has 1 aliphatic rings. The fourth-order valence-corrected chi connectivity index (χ4v) is 3.55. The summed E-state index contributed by atoms with van der Waals surface area (Å²) in [6.07, 6.45) is 1.00. The molecule has 0 aliphatic carbocycles. The molecule has 1 unspecified atom stereocenters. The van der Waals surface area contributed by atoms with Crippen molar-refractivity contribution < 1.29 is 90.8 Å². The summed E-state index contributed by atoms with van der Waals surface area (Å²) in [7, 11) is -19.7. The molecule has 1 aliphatic heterocycles. The summed E-state index contributed by atoms with van der Waals surface area (Å²) in [5.74, 6) is -3.88. The average molecular weight is 610 g/mol. The molecule has 1 atom stereocenters. The largest absolute Gasteiger partial charge is 0.524 e. The number of hydrogen-bond donors (Lipinski definition) is 0. The Morgan fingerprint density at radius 2 is 1.09 bits per heavy atom. The van der Waals surface area contributed by atoms with E-state index in [-0.39, 0.29) is 0 Å². The molecule has 1 heterocycles. The highest BCUT2D eigenvalue weighted by molar-refractivity contribution is 8.00. The number of halogens is 11. The van der Waals surface area contributed by atoms with Crippen LogP contribution in [0.5, 0.6) is 0 Å². The summed E-state index contributed by atoms with van der Waals surface area (Å²) in [4.78, 5) is 0. The molecular weight excluding hydrogens is 597 g/mol. The summed E-state index contributed by atoms with van der Waals surface area (Å²) in [6, 6.07) is 0. The van der Waals surface area contributed by atoms with Crippen LogP contribution in [0.3, 0.4) is 0 Å². The van der Waals surface area contributed by atoms with Crippen molar-refractivity contribution in [3.05, 3.63) is 0 Å². The summed E-state index contributed by atoms with van der Waals surface area (Å²) in [5.41, 5.74) is -18.3. The highest BCUT2D eigenvalue weighted by Crippen LogP contribution is 2.32. The van der Waals surface area contributed by atoms with Crippen LogP contribution in [-0.2, 0) is 47.6 Å². The number of alkyl halides is 11. The van der Waals surface area contributed by atoms with Crippen LogP contribution in [-0.4, -0.2) is 73.8 Å². The van der Waals surface area contributed by atoms with Crippen molar-refractivity contribution in [3.63, 3.8) is 0 Å². The van der Waals surface area contributed by atoms with Gasteiger partial charge in [0.05, 0.1) is 0 Å². The fourth-order valence-electron chi connectivity index (χ4n) is 1.52. The molecular formula is C11H13F11O10S3. The molecule has 35 heavy (non-hydrogen) atoms. The minimum Gasteiger partial charge on any atom is -0.353 e. The first-order valence-corrected chi connectivity index (χ1v) is 12.4. The molecule has 0 N–H and O–H groups in total. The van der Waals surface area contributed by atoms with E-state index in [0.29, 0.717) is 13.0 Å². The van der Waals surface area contributed by atoms with Crippen LogP contribution in [0.15, 0.2) is 0 Å². The predicted octanol–water partition coefficient (Wildman–Crippen LogP) is 2.73. The summed E-state index contributed by atoms with van der Waals surface area (Å²) in [5, 5.41) is 0. The van der Waals surface area contributed by atoms with Crippen LogP contribution in [0.1, 0.15) is 19.3 Å². The van der Waals surface area contributed by atoms with Gasteiger partial charge in [0.2, 0.25) is 0 Å². The van der Waals surface area contributed by atoms with E-state index in [1.54, 1.807) is 0 Å². The Morgan fingerprint density at radius 3 is 1.43 bits per heavy atom. The monoisotopic (exact) mass is 610 g/mol. The third-order valence-electron chi connectivity index (χ3n) is 3.07. The molecule has 0 aromatic heterocycles. The molecule has 0 amide bonds. The summed E-state index contributed by atoms with van der Waals surface area (Å²) < 4.78 is 206. The van der Waals surface area contributed by atoms with Crippen LogP contribution < -0.4 is 0 Å².